The molecule has 0 amide bonds. The van der Waals surface area contributed by atoms with Crippen molar-refractivity contribution in [2.75, 3.05) is 5.32 Å². The third kappa shape index (κ3) is 3.83. The number of anilines is 1. The summed E-state index contributed by atoms with van der Waals surface area (Å²) in [5.74, 6) is -0.117. The maximum Gasteiger partial charge on any atom is 0.189 e. The Hall–Kier alpha value is -1.84. The molecule has 0 aliphatic carbocycles. The quantitative estimate of drug-likeness (QED) is 0.663. The van der Waals surface area contributed by atoms with Gasteiger partial charge >= 0.3 is 0 Å². The third-order valence-electron chi connectivity index (χ3n) is 2.56. The first-order valence-electron chi connectivity index (χ1n) is 5.91. The van der Waals surface area contributed by atoms with E-state index in [4.69, 9.17) is 23.2 Å². The maximum atomic E-state index is 12.0. The van der Waals surface area contributed by atoms with Crippen molar-refractivity contribution in [2.24, 2.45) is 0 Å². The smallest absolute Gasteiger partial charge is 0.189 e. The van der Waals surface area contributed by atoms with E-state index in [1.54, 1.807) is 43.5 Å². The normalized spacial score (nSPS) is 11.2. The molecule has 0 fully saturated rings. The summed E-state index contributed by atoms with van der Waals surface area (Å²) < 4.78 is 0. The van der Waals surface area contributed by atoms with Gasteiger partial charge in [-0.15, -0.1) is 0 Å². The van der Waals surface area contributed by atoms with Crippen LogP contribution in [0.3, 0.4) is 0 Å². The highest BCUT2D eigenvalue weighted by molar-refractivity contribution is 6.36. The van der Waals surface area contributed by atoms with Gasteiger partial charge in [-0.2, -0.15) is 0 Å². The number of carbonyl (C=O) groups is 1. The Bertz CT molecular complexity index is 654. The largest absolute Gasteiger partial charge is 0.358 e. The molecule has 1 aromatic heterocycles. The molecule has 102 valence electrons. The number of pyridine rings is 1. The average molecular weight is 307 g/mol. The zero-order chi connectivity index (χ0) is 14.5. The second-order valence-corrected chi connectivity index (χ2v) is 5.03. The number of halogens is 2. The molecule has 0 spiro atoms. The van der Waals surface area contributed by atoms with E-state index in [-0.39, 0.29) is 5.78 Å². The Morgan fingerprint density at radius 2 is 2.10 bits per heavy atom. The minimum Gasteiger partial charge on any atom is -0.358 e. The van der Waals surface area contributed by atoms with Crippen molar-refractivity contribution in [1.29, 1.82) is 0 Å². The predicted molar refractivity (Wildman–Crippen MR) is 82.4 cm³/mol. The van der Waals surface area contributed by atoms with Gasteiger partial charge in [0.05, 0.1) is 10.7 Å². The molecule has 0 bridgehead atoms. The summed E-state index contributed by atoms with van der Waals surface area (Å²) >= 11 is 11.9. The lowest BCUT2D eigenvalue weighted by atomic mass is 10.1. The lowest BCUT2D eigenvalue weighted by molar-refractivity contribution is 0.104. The summed E-state index contributed by atoms with van der Waals surface area (Å²) in [5, 5.41) is 4.13. The molecule has 0 aliphatic rings. The van der Waals surface area contributed by atoms with Crippen molar-refractivity contribution in [3.05, 3.63) is 70.1 Å². The van der Waals surface area contributed by atoms with Crippen LogP contribution < -0.4 is 5.32 Å². The maximum absolute atomic E-state index is 12.0. The standard InChI is InChI=1S/C15H12Cl2N2O/c1-10(7-15(20)11-3-2-6-18-9-11)19-14-5-4-12(16)8-13(14)17/h2-9,19H,1H3. The molecular formula is C15H12Cl2N2O. The van der Waals surface area contributed by atoms with E-state index >= 15 is 0 Å². The first-order valence-corrected chi connectivity index (χ1v) is 6.66. The number of nitrogens with zero attached hydrogens (tertiary/aromatic N) is 1. The van der Waals surface area contributed by atoms with E-state index in [1.165, 1.54) is 12.3 Å². The number of carbonyl (C=O) groups excluding carboxylic acids is 1. The van der Waals surface area contributed by atoms with Gasteiger partial charge in [-0.25, -0.2) is 0 Å². The van der Waals surface area contributed by atoms with Crippen LogP contribution in [-0.2, 0) is 0 Å². The van der Waals surface area contributed by atoms with Gasteiger partial charge in [-0.1, -0.05) is 23.2 Å². The van der Waals surface area contributed by atoms with Crippen LogP contribution >= 0.6 is 23.2 Å². The number of hydrogen-bond acceptors (Lipinski definition) is 3. The number of allylic oxidation sites excluding steroid dienone is 2. The monoisotopic (exact) mass is 306 g/mol. The van der Waals surface area contributed by atoms with Crippen molar-refractivity contribution in [2.45, 2.75) is 6.92 Å². The third-order valence-corrected chi connectivity index (χ3v) is 3.10. The molecule has 3 nitrogen and oxygen atoms in total. The minimum absolute atomic E-state index is 0.117. The number of benzene rings is 1. The van der Waals surface area contributed by atoms with Crippen molar-refractivity contribution >= 4 is 34.7 Å². The molecule has 2 rings (SSSR count). The first kappa shape index (κ1) is 14.6. The van der Waals surface area contributed by atoms with Gasteiger partial charge in [-0.3, -0.25) is 9.78 Å². The zero-order valence-electron chi connectivity index (χ0n) is 10.7. The number of ketones is 1. The molecule has 0 aliphatic heterocycles. The Kier molecular flexibility index (Phi) is 4.77. The SMILES string of the molecule is CC(=CC(=O)c1cccnc1)Nc1ccc(Cl)cc1Cl. The molecule has 1 aromatic carbocycles. The van der Waals surface area contributed by atoms with Crippen LogP contribution in [0, 0.1) is 0 Å². The summed E-state index contributed by atoms with van der Waals surface area (Å²) in [6, 6.07) is 8.57. The van der Waals surface area contributed by atoms with Crippen molar-refractivity contribution in [3.63, 3.8) is 0 Å². The lowest BCUT2D eigenvalue weighted by Crippen LogP contribution is -2.02. The number of nitrogens with one attached hydrogen (secondary N) is 1. The fraction of sp³-hybridized carbons (Fsp3) is 0.0667. The number of aromatic nitrogens is 1. The highest BCUT2D eigenvalue weighted by atomic mass is 35.5. The van der Waals surface area contributed by atoms with Crippen molar-refractivity contribution < 1.29 is 4.79 Å². The van der Waals surface area contributed by atoms with Gasteiger partial charge in [-0.05, 0) is 37.3 Å². The van der Waals surface area contributed by atoms with Gasteiger partial charge in [0.1, 0.15) is 0 Å². The molecule has 0 unspecified atom stereocenters. The Morgan fingerprint density at radius 1 is 1.30 bits per heavy atom. The van der Waals surface area contributed by atoms with E-state index in [0.29, 0.717) is 27.0 Å². The fourth-order valence-electron chi connectivity index (χ4n) is 1.63. The highest BCUT2D eigenvalue weighted by Gasteiger charge is 2.05. The van der Waals surface area contributed by atoms with E-state index in [1.807, 2.05) is 0 Å². The molecule has 0 radical (unpaired) electrons. The van der Waals surface area contributed by atoms with E-state index < -0.39 is 0 Å². The minimum atomic E-state index is -0.117. The molecule has 1 heterocycles. The molecule has 1 N–H and O–H groups in total. The van der Waals surface area contributed by atoms with Crippen LogP contribution in [0.15, 0.2) is 54.5 Å². The van der Waals surface area contributed by atoms with Crippen LogP contribution in [0.5, 0.6) is 0 Å². The average Bonchev–Trinajstić information content (AvgIpc) is 2.43. The molecular weight excluding hydrogens is 295 g/mol. The van der Waals surface area contributed by atoms with Gasteiger partial charge in [0.15, 0.2) is 5.78 Å². The highest BCUT2D eigenvalue weighted by Crippen LogP contribution is 2.26. The lowest BCUT2D eigenvalue weighted by Gasteiger charge is -2.08. The van der Waals surface area contributed by atoms with Crippen LogP contribution in [-0.4, -0.2) is 10.8 Å². The summed E-state index contributed by atoms with van der Waals surface area (Å²) in [5.41, 5.74) is 1.92. The fourth-order valence-corrected chi connectivity index (χ4v) is 2.08. The molecule has 0 atom stereocenters. The second kappa shape index (κ2) is 6.55. The Balaban J connectivity index is 2.13. The molecule has 2 aromatic rings. The van der Waals surface area contributed by atoms with Gasteiger partial charge < -0.3 is 5.32 Å². The van der Waals surface area contributed by atoms with Crippen LogP contribution in [0.2, 0.25) is 10.0 Å². The van der Waals surface area contributed by atoms with Crippen LogP contribution in [0.4, 0.5) is 5.69 Å². The number of rotatable bonds is 4. The summed E-state index contributed by atoms with van der Waals surface area (Å²) in [6.45, 7) is 1.79. The van der Waals surface area contributed by atoms with Crippen LogP contribution in [0.1, 0.15) is 17.3 Å². The van der Waals surface area contributed by atoms with E-state index in [0.717, 1.165) is 0 Å². The van der Waals surface area contributed by atoms with Crippen molar-refractivity contribution in [1.82, 2.24) is 4.98 Å². The van der Waals surface area contributed by atoms with Gasteiger partial charge in [0.2, 0.25) is 0 Å². The zero-order valence-corrected chi connectivity index (χ0v) is 12.2. The van der Waals surface area contributed by atoms with E-state index in [9.17, 15) is 4.79 Å². The Morgan fingerprint density at radius 3 is 2.75 bits per heavy atom. The number of hydrogen-bond donors (Lipinski definition) is 1. The summed E-state index contributed by atoms with van der Waals surface area (Å²) in [7, 11) is 0. The molecule has 5 heteroatoms. The summed E-state index contributed by atoms with van der Waals surface area (Å²) in [4.78, 5) is 15.9. The van der Waals surface area contributed by atoms with Crippen molar-refractivity contribution in [3.8, 4) is 0 Å². The second-order valence-electron chi connectivity index (χ2n) is 4.18. The molecule has 20 heavy (non-hydrogen) atoms. The molecule has 0 saturated heterocycles. The first-order chi connectivity index (χ1) is 9.56. The Labute approximate surface area is 127 Å². The van der Waals surface area contributed by atoms with Gasteiger partial charge in [0, 0.05) is 34.8 Å². The van der Waals surface area contributed by atoms with Crippen LogP contribution in [0.25, 0.3) is 0 Å². The molecule has 0 saturated carbocycles. The van der Waals surface area contributed by atoms with Gasteiger partial charge in [0.25, 0.3) is 0 Å². The van der Waals surface area contributed by atoms with E-state index in [2.05, 4.69) is 10.3 Å². The topological polar surface area (TPSA) is 42.0 Å². The predicted octanol–water partition coefficient (Wildman–Crippen LogP) is 4.59. The summed E-state index contributed by atoms with van der Waals surface area (Å²) in [6.07, 6.45) is 4.66.